The monoisotopic (exact) mass is 442 g/mol. The number of nitrogens with zero attached hydrogens (tertiary/aromatic N) is 1. The number of benzene rings is 2. The van der Waals surface area contributed by atoms with Crippen LogP contribution in [0.1, 0.15) is 21.6 Å². The number of hydrogen-bond donors (Lipinski definition) is 1. The molecule has 0 saturated carbocycles. The zero-order valence-corrected chi connectivity index (χ0v) is 17.4. The first-order chi connectivity index (χ1) is 14.7. The first-order valence-corrected chi connectivity index (χ1v) is 10.2. The van der Waals surface area contributed by atoms with Gasteiger partial charge in [-0.2, -0.15) is 13.2 Å². The van der Waals surface area contributed by atoms with Crippen molar-refractivity contribution in [2.75, 3.05) is 10.2 Å². The molecule has 0 fully saturated rings. The molecule has 2 heterocycles. The molecule has 4 nitrogen and oxygen atoms in total. The van der Waals surface area contributed by atoms with Crippen LogP contribution in [-0.4, -0.2) is 11.8 Å². The molecule has 0 atom stereocenters. The average Bonchev–Trinajstić information content (AvgIpc) is 3.31. The van der Waals surface area contributed by atoms with E-state index in [1.54, 1.807) is 23.6 Å². The van der Waals surface area contributed by atoms with Crippen LogP contribution >= 0.6 is 11.3 Å². The minimum Gasteiger partial charge on any atom is -0.350 e. The Kier molecular flexibility index (Phi) is 5.18. The Morgan fingerprint density at radius 3 is 2.32 bits per heavy atom. The fourth-order valence-electron chi connectivity index (χ4n) is 3.31. The van der Waals surface area contributed by atoms with Gasteiger partial charge in [0.05, 0.1) is 16.8 Å². The van der Waals surface area contributed by atoms with Gasteiger partial charge in [-0.3, -0.25) is 9.59 Å². The summed E-state index contributed by atoms with van der Waals surface area (Å²) in [5.41, 5.74) is 1.78. The minimum absolute atomic E-state index is 0.0353. The molecule has 1 aromatic heterocycles. The second-order valence-corrected chi connectivity index (χ2v) is 8.09. The molecule has 0 unspecified atom stereocenters. The van der Waals surface area contributed by atoms with Crippen molar-refractivity contribution in [2.24, 2.45) is 0 Å². The Balaban J connectivity index is 1.79. The lowest BCUT2D eigenvalue weighted by molar-refractivity contribution is -0.137. The van der Waals surface area contributed by atoms with Crippen LogP contribution in [0.5, 0.6) is 0 Å². The third-order valence-electron chi connectivity index (χ3n) is 5.06. The summed E-state index contributed by atoms with van der Waals surface area (Å²) < 4.78 is 39.5. The smallest absolute Gasteiger partial charge is 0.350 e. The SMILES string of the molecule is Cc1ccc(NC2=C(c3cccs3)C(=O)N(c3cccc(C(F)(F)F)c3)C2=O)cc1C. The lowest BCUT2D eigenvalue weighted by atomic mass is 10.1. The molecule has 2 amide bonds. The number of carbonyl (C=O) groups excluding carboxylic acids is 2. The fourth-order valence-corrected chi connectivity index (χ4v) is 4.08. The van der Waals surface area contributed by atoms with Gasteiger partial charge in [0, 0.05) is 10.6 Å². The molecule has 1 N–H and O–H groups in total. The van der Waals surface area contributed by atoms with E-state index < -0.39 is 23.6 Å². The molecule has 4 rings (SSSR count). The quantitative estimate of drug-likeness (QED) is 0.521. The first-order valence-electron chi connectivity index (χ1n) is 9.35. The highest BCUT2D eigenvalue weighted by atomic mass is 32.1. The van der Waals surface area contributed by atoms with E-state index in [-0.39, 0.29) is 17.0 Å². The number of alkyl halides is 3. The maximum Gasteiger partial charge on any atom is 0.416 e. The molecule has 0 spiro atoms. The topological polar surface area (TPSA) is 49.4 Å². The summed E-state index contributed by atoms with van der Waals surface area (Å²) in [6.45, 7) is 3.88. The number of thiophene rings is 1. The van der Waals surface area contributed by atoms with Crippen molar-refractivity contribution < 1.29 is 22.8 Å². The molecule has 0 radical (unpaired) electrons. The van der Waals surface area contributed by atoms with Crippen LogP contribution in [0.4, 0.5) is 24.5 Å². The number of carbonyl (C=O) groups is 2. The first kappa shape index (κ1) is 20.9. The van der Waals surface area contributed by atoms with Gasteiger partial charge in [0.1, 0.15) is 5.70 Å². The maximum atomic E-state index is 13.2. The Morgan fingerprint density at radius 1 is 0.903 bits per heavy atom. The normalized spacial score (nSPS) is 14.5. The van der Waals surface area contributed by atoms with E-state index >= 15 is 0 Å². The van der Waals surface area contributed by atoms with E-state index in [1.165, 1.54) is 23.5 Å². The number of imide groups is 1. The molecule has 1 aliphatic rings. The van der Waals surface area contributed by atoms with Gasteiger partial charge in [0.25, 0.3) is 11.8 Å². The van der Waals surface area contributed by atoms with Crippen LogP contribution in [-0.2, 0) is 15.8 Å². The van der Waals surface area contributed by atoms with E-state index in [4.69, 9.17) is 0 Å². The van der Waals surface area contributed by atoms with Crippen LogP contribution < -0.4 is 10.2 Å². The summed E-state index contributed by atoms with van der Waals surface area (Å²) in [5, 5.41) is 4.79. The van der Waals surface area contributed by atoms with Gasteiger partial charge in [0.15, 0.2) is 0 Å². The summed E-state index contributed by atoms with van der Waals surface area (Å²) in [6, 6.07) is 13.2. The minimum atomic E-state index is -4.59. The summed E-state index contributed by atoms with van der Waals surface area (Å²) >= 11 is 1.27. The van der Waals surface area contributed by atoms with Crippen molar-refractivity contribution in [2.45, 2.75) is 20.0 Å². The van der Waals surface area contributed by atoms with Crippen molar-refractivity contribution in [1.29, 1.82) is 0 Å². The van der Waals surface area contributed by atoms with Crippen molar-refractivity contribution in [1.82, 2.24) is 0 Å². The molecule has 0 saturated heterocycles. The summed E-state index contributed by atoms with van der Waals surface area (Å²) in [7, 11) is 0. The lowest BCUT2D eigenvalue weighted by Crippen LogP contribution is -2.32. The zero-order valence-electron chi connectivity index (χ0n) is 16.6. The standard InChI is InChI=1S/C23H17F3N2O2S/c1-13-8-9-16(11-14(13)2)27-20-19(18-7-4-10-31-18)21(29)28(22(20)30)17-6-3-5-15(12-17)23(24,25)26/h3-12,27H,1-2H3. The second kappa shape index (κ2) is 7.70. The summed E-state index contributed by atoms with van der Waals surface area (Å²) in [5.74, 6) is -1.37. The highest BCUT2D eigenvalue weighted by molar-refractivity contribution is 7.11. The third-order valence-corrected chi connectivity index (χ3v) is 5.95. The van der Waals surface area contributed by atoms with Gasteiger partial charge in [-0.05, 0) is 66.8 Å². The second-order valence-electron chi connectivity index (χ2n) is 7.15. The van der Waals surface area contributed by atoms with E-state index in [0.717, 1.165) is 28.2 Å². The molecular weight excluding hydrogens is 425 g/mol. The lowest BCUT2D eigenvalue weighted by Gasteiger charge is -2.17. The predicted molar refractivity (Wildman–Crippen MR) is 115 cm³/mol. The average molecular weight is 442 g/mol. The van der Waals surface area contributed by atoms with E-state index in [1.807, 2.05) is 26.0 Å². The summed E-state index contributed by atoms with van der Waals surface area (Å²) in [4.78, 5) is 27.8. The molecule has 1 aliphatic heterocycles. The number of anilines is 2. The Labute approximate surface area is 180 Å². The maximum absolute atomic E-state index is 13.2. The van der Waals surface area contributed by atoms with Gasteiger partial charge in [0.2, 0.25) is 0 Å². The Morgan fingerprint density at radius 2 is 1.68 bits per heavy atom. The molecule has 0 aliphatic carbocycles. The molecular formula is C23H17F3N2O2S. The third kappa shape index (κ3) is 3.86. The van der Waals surface area contributed by atoms with Crippen LogP contribution in [0.2, 0.25) is 0 Å². The molecule has 3 aromatic rings. The summed E-state index contributed by atoms with van der Waals surface area (Å²) in [6.07, 6.45) is -4.59. The van der Waals surface area contributed by atoms with E-state index in [2.05, 4.69) is 5.32 Å². The van der Waals surface area contributed by atoms with Crippen LogP contribution in [0.3, 0.4) is 0 Å². The van der Waals surface area contributed by atoms with Crippen LogP contribution in [0.25, 0.3) is 5.57 Å². The van der Waals surface area contributed by atoms with Crippen molar-refractivity contribution >= 4 is 40.1 Å². The number of amides is 2. The van der Waals surface area contributed by atoms with Crippen molar-refractivity contribution in [3.63, 3.8) is 0 Å². The van der Waals surface area contributed by atoms with Gasteiger partial charge in [-0.15, -0.1) is 11.3 Å². The molecule has 158 valence electrons. The number of aryl methyl sites for hydroxylation is 2. The number of nitrogens with one attached hydrogen (secondary N) is 1. The fraction of sp³-hybridized carbons (Fsp3) is 0.130. The molecule has 8 heteroatoms. The van der Waals surface area contributed by atoms with Crippen LogP contribution in [0.15, 0.2) is 65.7 Å². The highest BCUT2D eigenvalue weighted by Gasteiger charge is 2.41. The van der Waals surface area contributed by atoms with Gasteiger partial charge in [-0.1, -0.05) is 18.2 Å². The Hall–Kier alpha value is -3.39. The van der Waals surface area contributed by atoms with Gasteiger partial charge < -0.3 is 5.32 Å². The number of hydrogen-bond acceptors (Lipinski definition) is 4. The van der Waals surface area contributed by atoms with Gasteiger partial charge >= 0.3 is 6.18 Å². The molecule has 2 aromatic carbocycles. The number of rotatable bonds is 4. The largest absolute Gasteiger partial charge is 0.416 e. The molecule has 0 bridgehead atoms. The van der Waals surface area contributed by atoms with Crippen molar-refractivity contribution in [3.05, 3.63) is 87.2 Å². The highest BCUT2D eigenvalue weighted by Crippen LogP contribution is 2.38. The van der Waals surface area contributed by atoms with Crippen molar-refractivity contribution in [3.8, 4) is 0 Å². The molecule has 31 heavy (non-hydrogen) atoms. The zero-order chi connectivity index (χ0) is 22.3. The van der Waals surface area contributed by atoms with E-state index in [9.17, 15) is 22.8 Å². The van der Waals surface area contributed by atoms with E-state index in [0.29, 0.717) is 10.6 Å². The predicted octanol–water partition coefficient (Wildman–Crippen LogP) is 5.78. The number of halogens is 3. The Bertz CT molecular complexity index is 1210. The van der Waals surface area contributed by atoms with Gasteiger partial charge in [-0.25, -0.2) is 4.90 Å². The van der Waals surface area contributed by atoms with Crippen LogP contribution in [0, 0.1) is 13.8 Å².